The summed E-state index contributed by atoms with van der Waals surface area (Å²) in [6, 6.07) is 5.01. The summed E-state index contributed by atoms with van der Waals surface area (Å²) in [7, 11) is -3.98. The van der Waals surface area contributed by atoms with Crippen molar-refractivity contribution in [3.63, 3.8) is 0 Å². The monoisotopic (exact) mass is 373 g/mol. The van der Waals surface area contributed by atoms with Crippen molar-refractivity contribution in [1.29, 1.82) is 0 Å². The molecule has 1 rings (SSSR count). The van der Waals surface area contributed by atoms with Crippen LogP contribution in [0, 0.1) is 0 Å². The summed E-state index contributed by atoms with van der Waals surface area (Å²) in [5.74, 6) is -5.47. The second kappa shape index (κ2) is 8.40. The van der Waals surface area contributed by atoms with Crippen LogP contribution in [0.5, 0.6) is 0 Å². The molecular weight excluding hydrogens is 358 g/mol. The van der Waals surface area contributed by atoms with Crippen LogP contribution < -0.4 is 4.72 Å². The average Bonchev–Trinajstić information content (AvgIpc) is 2.46. The normalized spacial score (nSPS) is 12.5. The number of sulfonamides is 1. The minimum atomic E-state index is -4.29. The van der Waals surface area contributed by atoms with Crippen molar-refractivity contribution in [2.24, 2.45) is 0 Å². The molecule has 0 radical (unpaired) electrons. The maximum absolute atomic E-state index is 12.7. The molecule has 0 heterocycles. The van der Waals surface area contributed by atoms with E-state index < -0.39 is 48.0 Å². The van der Waals surface area contributed by atoms with E-state index in [4.69, 9.17) is 5.11 Å². The molecule has 11 heteroatoms. The van der Waals surface area contributed by atoms with Crippen LogP contribution in [0.4, 0.5) is 17.6 Å². The van der Waals surface area contributed by atoms with Gasteiger partial charge in [0, 0.05) is 6.54 Å². The molecule has 0 bridgehead atoms. The number of benzene rings is 1. The first-order valence-corrected chi connectivity index (χ1v) is 8.07. The van der Waals surface area contributed by atoms with Crippen LogP contribution in [0.1, 0.15) is 12.0 Å². The summed E-state index contributed by atoms with van der Waals surface area (Å²) in [5.41, 5.74) is 0.182. The Kier molecular flexibility index (Phi) is 7.11. The maximum atomic E-state index is 12.7. The summed E-state index contributed by atoms with van der Waals surface area (Å²) >= 11 is 0. The first kappa shape index (κ1) is 20.3. The topological polar surface area (TPSA) is 92.7 Å². The van der Waals surface area contributed by atoms with Gasteiger partial charge >= 0.3 is 18.3 Å². The van der Waals surface area contributed by atoms with Crippen molar-refractivity contribution in [2.75, 3.05) is 13.2 Å². The van der Waals surface area contributed by atoms with E-state index in [1.165, 1.54) is 18.2 Å². The number of halogens is 4. The Morgan fingerprint density at radius 2 is 2.00 bits per heavy atom. The van der Waals surface area contributed by atoms with E-state index in [9.17, 15) is 30.8 Å². The lowest BCUT2D eigenvalue weighted by Crippen LogP contribution is -2.32. The highest BCUT2D eigenvalue weighted by Gasteiger charge is 2.40. The third-order valence-corrected chi connectivity index (χ3v) is 4.18. The van der Waals surface area contributed by atoms with Crippen molar-refractivity contribution in [3.05, 3.63) is 29.8 Å². The number of carbonyl (C=O) groups is 1. The van der Waals surface area contributed by atoms with Gasteiger partial charge in [0.25, 0.3) is 0 Å². The highest BCUT2D eigenvalue weighted by Crippen LogP contribution is 2.23. The summed E-state index contributed by atoms with van der Waals surface area (Å²) in [4.78, 5) is 10.1. The zero-order valence-corrected chi connectivity index (χ0v) is 13.0. The lowest BCUT2D eigenvalue weighted by Gasteiger charge is -2.15. The summed E-state index contributed by atoms with van der Waals surface area (Å²) in [6.07, 6.45) is -4.27. The molecule has 0 unspecified atom stereocenters. The molecule has 0 aliphatic carbocycles. The molecule has 2 N–H and O–H groups in total. The number of nitrogens with one attached hydrogen (secondary N) is 1. The molecule has 0 saturated carbocycles. The number of aliphatic carboxylic acids is 1. The summed E-state index contributed by atoms with van der Waals surface area (Å²) in [6.45, 7) is -2.31. The third kappa shape index (κ3) is 6.42. The summed E-state index contributed by atoms with van der Waals surface area (Å²) < 4.78 is 79.7. The quantitative estimate of drug-likeness (QED) is 0.611. The van der Waals surface area contributed by atoms with Gasteiger partial charge in [0.05, 0.1) is 17.9 Å². The van der Waals surface area contributed by atoms with Gasteiger partial charge in [-0.05, 0) is 17.7 Å². The van der Waals surface area contributed by atoms with Gasteiger partial charge in [-0.25, -0.2) is 21.9 Å². The zero-order chi connectivity index (χ0) is 18.4. The van der Waals surface area contributed by atoms with Crippen LogP contribution in [-0.2, 0) is 26.2 Å². The average molecular weight is 373 g/mol. The van der Waals surface area contributed by atoms with Crippen LogP contribution in [0.2, 0.25) is 0 Å². The van der Waals surface area contributed by atoms with Crippen molar-refractivity contribution in [2.45, 2.75) is 30.3 Å². The molecule has 6 nitrogen and oxygen atoms in total. The lowest BCUT2D eigenvalue weighted by atomic mass is 10.2. The van der Waals surface area contributed by atoms with Gasteiger partial charge in [-0.1, -0.05) is 12.1 Å². The first-order chi connectivity index (χ1) is 11.0. The fourth-order valence-electron chi connectivity index (χ4n) is 1.55. The number of hydrogen-bond acceptors (Lipinski definition) is 4. The largest absolute Gasteiger partial charge is 0.481 e. The molecule has 0 aliphatic rings. The predicted molar refractivity (Wildman–Crippen MR) is 74.5 cm³/mol. The highest BCUT2D eigenvalue weighted by molar-refractivity contribution is 7.89. The Labute approximate surface area is 135 Å². The number of alkyl halides is 4. The van der Waals surface area contributed by atoms with E-state index in [0.29, 0.717) is 0 Å². The molecule has 0 amide bonds. The van der Waals surface area contributed by atoms with Crippen molar-refractivity contribution >= 4 is 16.0 Å². The van der Waals surface area contributed by atoms with Crippen molar-refractivity contribution in [3.8, 4) is 0 Å². The van der Waals surface area contributed by atoms with Gasteiger partial charge in [0.15, 0.2) is 0 Å². The lowest BCUT2D eigenvalue weighted by molar-refractivity contribution is -0.168. The molecule has 0 aliphatic heterocycles. The van der Waals surface area contributed by atoms with E-state index >= 15 is 0 Å². The standard InChI is InChI=1S/C13H15F4NO5S/c14-12(15)13(16,17)8-23-7-9-2-1-3-10(6-9)24(21,22)18-5-4-11(19)20/h1-3,6,12,18H,4-5,7-8H2,(H,19,20). The SMILES string of the molecule is O=C(O)CCNS(=O)(=O)c1cccc(COCC(F)(F)C(F)F)c1. The number of carboxylic acid groups (broad SMARTS) is 1. The Morgan fingerprint density at radius 1 is 1.33 bits per heavy atom. The molecule has 0 fully saturated rings. The van der Waals surface area contributed by atoms with Gasteiger partial charge in [-0.2, -0.15) is 8.78 Å². The Bertz CT molecular complexity index is 666. The first-order valence-electron chi connectivity index (χ1n) is 6.59. The fourth-order valence-corrected chi connectivity index (χ4v) is 2.65. The Morgan fingerprint density at radius 3 is 2.58 bits per heavy atom. The van der Waals surface area contributed by atoms with Gasteiger partial charge in [-0.3, -0.25) is 4.79 Å². The molecule has 0 aromatic heterocycles. The van der Waals surface area contributed by atoms with Crippen LogP contribution >= 0.6 is 0 Å². The minimum Gasteiger partial charge on any atom is -0.481 e. The third-order valence-electron chi connectivity index (χ3n) is 2.72. The molecular formula is C13H15F4NO5S. The van der Waals surface area contributed by atoms with E-state index in [0.717, 1.165) is 6.07 Å². The van der Waals surface area contributed by atoms with Crippen molar-refractivity contribution in [1.82, 2.24) is 4.72 Å². The second-order valence-electron chi connectivity index (χ2n) is 4.74. The highest BCUT2D eigenvalue weighted by atomic mass is 32.2. The van der Waals surface area contributed by atoms with Gasteiger partial charge in [0.1, 0.15) is 6.61 Å². The minimum absolute atomic E-state index is 0.182. The predicted octanol–water partition coefficient (Wildman–Crippen LogP) is 1.86. The number of hydrogen-bond donors (Lipinski definition) is 2. The Hall–Kier alpha value is -1.72. The fraction of sp³-hybridized carbons (Fsp3) is 0.462. The van der Waals surface area contributed by atoms with Gasteiger partial charge < -0.3 is 9.84 Å². The molecule has 24 heavy (non-hydrogen) atoms. The molecule has 0 atom stereocenters. The summed E-state index contributed by atoms with van der Waals surface area (Å²) in [5, 5.41) is 8.46. The zero-order valence-electron chi connectivity index (χ0n) is 12.2. The van der Waals surface area contributed by atoms with E-state index in [-0.39, 0.29) is 17.0 Å². The van der Waals surface area contributed by atoms with E-state index in [2.05, 4.69) is 9.46 Å². The number of ether oxygens (including phenoxy) is 1. The Balaban J connectivity index is 2.68. The smallest absolute Gasteiger partial charge is 0.330 e. The van der Waals surface area contributed by atoms with Crippen LogP contribution in [0.25, 0.3) is 0 Å². The number of rotatable bonds is 10. The molecule has 136 valence electrons. The molecule has 1 aromatic rings. The van der Waals surface area contributed by atoms with Gasteiger partial charge in [-0.15, -0.1) is 0 Å². The molecule has 0 spiro atoms. The second-order valence-corrected chi connectivity index (χ2v) is 6.51. The van der Waals surface area contributed by atoms with E-state index in [1.807, 2.05) is 0 Å². The van der Waals surface area contributed by atoms with E-state index in [1.54, 1.807) is 0 Å². The van der Waals surface area contributed by atoms with Crippen LogP contribution in [0.15, 0.2) is 29.2 Å². The van der Waals surface area contributed by atoms with Gasteiger partial charge in [0.2, 0.25) is 10.0 Å². The number of carboxylic acids is 1. The molecule has 1 aromatic carbocycles. The van der Waals surface area contributed by atoms with Crippen LogP contribution in [0.3, 0.4) is 0 Å². The van der Waals surface area contributed by atoms with Crippen LogP contribution in [-0.4, -0.2) is 45.0 Å². The maximum Gasteiger partial charge on any atom is 0.330 e. The van der Waals surface area contributed by atoms with Crippen molar-refractivity contribution < 1.29 is 40.6 Å². The molecule has 0 saturated heterocycles.